The largest absolute Gasteiger partial charge is 0.465 e. The maximum absolute atomic E-state index is 12.2. The van der Waals surface area contributed by atoms with E-state index in [2.05, 4.69) is 10.1 Å². The van der Waals surface area contributed by atoms with Crippen LogP contribution in [0.15, 0.2) is 18.3 Å². The van der Waals surface area contributed by atoms with Gasteiger partial charge in [0, 0.05) is 6.61 Å². The van der Waals surface area contributed by atoms with E-state index in [1.54, 1.807) is 11.4 Å². The summed E-state index contributed by atoms with van der Waals surface area (Å²) in [6.07, 6.45) is 6.75. The molecule has 0 spiro atoms. The summed E-state index contributed by atoms with van der Waals surface area (Å²) in [6, 6.07) is 3.90. The van der Waals surface area contributed by atoms with E-state index in [0.29, 0.717) is 18.9 Å². The second kappa shape index (κ2) is 8.80. The van der Waals surface area contributed by atoms with Crippen molar-refractivity contribution >= 4 is 11.6 Å². The summed E-state index contributed by atoms with van der Waals surface area (Å²) >= 11 is 0. The van der Waals surface area contributed by atoms with E-state index < -0.39 is 5.41 Å². The number of esters is 1. The normalized spacial score (nSPS) is 18.0. The van der Waals surface area contributed by atoms with Crippen LogP contribution in [0.1, 0.15) is 57.8 Å². The fourth-order valence-corrected chi connectivity index (χ4v) is 3.08. The lowest BCUT2D eigenvalue weighted by molar-refractivity contribution is -0.162. The van der Waals surface area contributed by atoms with Gasteiger partial charge in [0.25, 0.3) is 0 Å². The molecule has 2 aromatic rings. The third-order valence-electron chi connectivity index (χ3n) is 4.82. The van der Waals surface area contributed by atoms with Crippen molar-refractivity contribution in [2.45, 2.75) is 64.6 Å². The molecule has 0 aromatic carbocycles. The molecule has 0 aliphatic carbocycles. The van der Waals surface area contributed by atoms with Crippen LogP contribution in [0.2, 0.25) is 0 Å². The molecular weight excluding hydrogens is 346 g/mol. The molecular formula is C20H29N3O4. The van der Waals surface area contributed by atoms with Crippen LogP contribution in [0.3, 0.4) is 0 Å². The monoisotopic (exact) mass is 375 g/mol. The molecule has 3 heterocycles. The SMILES string of the molecule is CCOC(=O)C(C)(C)c1cn2nc(CCCOC3CCCCO3)ccc2n1. The molecule has 27 heavy (non-hydrogen) atoms. The highest BCUT2D eigenvalue weighted by Crippen LogP contribution is 2.24. The van der Waals surface area contributed by atoms with Gasteiger partial charge in [0.1, 0.15) is 5.41 Å². The fraction of sp³-hybridized carbons (Fsp3) is 0.650. The lowest BCUT2D eigenvalue weighted by Gasteiger charge is -2.22. The molecule has 0 N–H and O–H groups in total. The summed E-state index contributed by atoms with van der Waals surface area (Å²) in [5.74, 6) is -0.282. The van der Waals surface area contributed by atoms with Gasteiger partial charge >= 0.3 is 5.97 Å². The first-order valence-corrected chi connectivity index (χ1v) is 9.77. The van der Waals surface area contributed by atoms with Crippen molar-refractivity contribution in [2.24, 2.45) is 0 Å². The predicted molar refractivity (Wildman–Crippen MR) is 101 cm³/mol. The Kier molecular flexibility index (Phi) is 6.44. The minimum Gasteiger partial charge on any atom is -0.465 e. The Morgan fingerprint density at radius 3 is 2.96 bits per heavy atom. The number of carbonyl (C=O) groups excluding carboxylic acids is 1. The molecule has 1 fully saturated rings. The third kappa shape index (κ3) is 4.84. The summed E-state index contributed by atoms with van der Waals surface area (Å²) < 4.78 is 18.2. The van der Waals surface area contributed by atoms with Gasteiger partial charge < -0.3 is 14.2 Å². The number of ether oxygens (including phenoxy) is 3. The Morgan fingerprint density at radius 2 is 2.22 bits per heavy atom. The summed E-state index contributed by atoms with van der Waals surface area (Å²) in [7, 11) is 0. The van der Waals surface area contributed by atoms with Gasteiger partial charge in [-0.15, -0.1) is 0 Å². The number of rotatable bonds is 8. The number of imidazole rings is 1. The Labute approximate surface area is 160 Å². The maximum Gasteiger partial charge on any atom is 0.317 e. The highest BCUT2D eigenvalue weighted by atomic mass is 16.7. The average Bonchev–Trinajstić information content (AvgIpc) is 3.10. The van der Waals surface area contributed by atoms with Gasteiger partial charge in [0.2, 0.25) is 0 Å². The van der Waals surface area contributed by atoms with Crippen molar-refractivity contribution < 1.29 is 19.0 Å². The number of aromatic nitrogens is 3. The lowest BCUT2D eigenvalue weighted by atomic mass is 9.90. The van der Waals surface area contributed by atoms with Crippen LogP contribution in [-0.2, 0) is 30.8 Å². The van der Waals surface area contributed by atoms with Crippen molar-refractivity contribution in [2.75, 3.05) is 19.8 Å². The molecule has 148 valence electrons. The fourth-order valence-electron chi connectivity index (χ4n) is 3.08. The first-order valence-electron chi connectivity index (χ1n) is 9.77. The molecule has 0 bridgehead atoms. The van der Waals surface area contributed by atoms with E-state index in [-0.39, 0.29) is 12.3 Å². The molecule has 7 heteroatoms. The van der Waals surface area contributed by atoms with E-state index in [4.69, 9.17) is 14.2 Å². The number of fused-ring (bicyclic) bond motifs is 1. The van der Waals surface area contributed by atoms with Gasteiger partial charge in [0.05, 0.1) is 30.8 Å². The van der Waals surface area contributed by atoms with E-state index in [1.165, 1.54) is 6.42 Å². The van der Waals surface area contributed by atoms with Crippen LogP contribution in [0.4, 0.5) is 0 Å². The van der Waals surface area contributed by atoms with Gasteiger partial charge in [-0.25, -0.2) is 9.50 Å². The van der Waals surface area contributed by atoms with Crippen molar-refractivity contribution in [3.8, 4) is 0 Å². The highest BCUT2D eigenvalue weighted by Gasteiger charge is 2.34. The smallest absolute Gasteiger partial charge is 0.317 e. The van der Waals surface area contributed by atoms with E-state index in [0.717, 1.165) is 43.6 Å². The summed E-state index contributed by atoms with van der Waals surface area (Å²) in [6.45, 7) is 7.25. The van der Waals surface area contributed by atoms with Crippen LogP contribution in [-0.4, -0.2) is 46.7 Å². The number of carbonyl (C=O) groups is 1. The Bertz CT molecular complexity index is 766. The van der Waals surface area contributed by atoms with Crippen LogP contribution < -0.4 is 0 Å². The third-order valence-corrected chi connectivity index (χ3v) is 4.82. The first kappa shape index (κ1) is 19.8. The van der Waals surface area contributed by atoms with Gasteiger partial charge in [0.15, 0.2) is 11.9 Å². The highest BCUT2D eigenvalue weighted by molar-refractivity contribution is 5.81. The summed E-state index contributed by atoms with van der Waals surface area (Å²) in [5, 5.41) is 4.61. The molecule has 0 radical (unpaired) electrons. The van der Waals surface area contributed by atoms with Gasteiger partial charge in [-0.3, -0.25) is 4.79 Å². The summed E-state index contributed by atoms with van der Waals surface area (Å²) in [4.78, 5) is 16.7. The first-order chi connectivity index (χ1) is 13.0. The quantitative estimate of drug-likeness (QED) is 0.521. The Balaban J connectivity index is 1.59. The molecule has 1 atom stereocenters. The average molecular weight is 375 g/mol. The Morgan fingerprint density at radius 1 is 1.37 bits per heavy atom. The minimum atomic E-state index is -0.808. The number of nitrogens with zero attached hydrogens (tertiary/aromatic N) is 3. The van der Waals surface area contributed by atoms with Crippen molar-refractivity contribution in [3.63, 3.8) is 0 Å². The van der Waals surface area contributed by atoms with Gasteiger partial charge in [-0.2, -0.15) is 5.10 Å². The van der Waals surface area contributed by atoms with Gasteiger partial charge in [-0.1, -0.05) is 0 Å². The van der Waals surface area contributed by atoms with Crippen molar-refractivity contribution in [3.05, 3.63) is 29.7 Å². The number of hydrogen-bond donors (Lipinski definition) is 0. The molecule has 1 aliphatic rings. The van der Waals surface area contributed by atoms with Crippen LogP contribution >= 0.6 is 0 Å². The molecule has 0 saturated carbocycles. The second-order valence-electron chi connectivity index (χ2n) is 7.37. The standard InChI is InChI=1S/C20H29N3O4/c1-4-25-19(24)20(2,3)16-14-23-17(21-16)11-10-15(22-23)8-7-13-27-18-9-5-6-12-26-18/h10-11,14,18H,4-9,12-13H2,1-3H3. The van der Waals surface area contributed by atoms with Gasteiger partial charge in [-0.05, 0) is 65.0 Å². The van der Waals surface area contributed by atoms with E-state index in [9.17, 15) is 4.79 Å². The molecule has 7 nitrogen and oxygen atoms in total. The number of hydrogen-bond acceptors (Lipinski definition) is 6. The van der Waals surface area contributed by atoms with Crippen LogP contribution in [0.25, 0.3) is 5.65 Å². The second-order valence-corrected chi connectivity index (χ2v) is 7.37. The molecule has 0 amide bonds. The molecule has 1 aliphatic heterocycles. The van der Waals surface area contributed by atoms with Crippen molar-refractivity contribution in [1.82, 2.24) is 14.6 Å². The maximum atomic E-state index is 12.2. The van der Waals surface area contributed by atoms with E-state index in [1.807, 2.05) is 32.2 Å². The van der Waals surface area contributed by atoms with Crippen molar-refractivity contribution in [1.29, 1.82) is 0 Å². The zero-order valence-electron chi connectivity index (χ0n) is 16.4. The Hall–Kier alpha value is -1.99. The molecule has 2 aromatic heterocycles. The lowest BCUT2D eigenvalue weighted by Crippen LogP contribution is -2.31. The zero-order chi connectivity index (χ0) is 19.3. The molecule has 1 saturated heterocycles. The van der Waals surface area contributed by atoms with E-state index >= 15 is 0 Å². The van der Waals surface area contributed by atoms with Crippen LogP contribution in [0.5, 0.6) is 0 Å². The topological polar surface area (TPSA) is 75.0 Å². The number of aryl methyl sites for hydroxylation is 1. The minimum absolute atomic E-state index is 0.0458. The summed E-state index contributed by atoms with van der Waals surface area (Å²) in [5.41, 5.74) is 1.53. The zero-order valence-corrected chi connectivity index (χ0v) is 16.4. The molecule has 3 rings (SSSR count). The molecule has 1 unspecified atom stereocenters. The van der Waals surface area contributed by atoms with Crippen LogP contribution in [0, 0.1) is 0 Å². The predicted octanol–water partition coefficient (Wildman–Crippen LogP) is 3.05.